The number of rotatable bonds is 2. The third-order valence-electron chi connectivity index (χ3n) is 2.86. The fraction of sp³-hybridized carbons (Fsp3) is 0.545. The minimum Gasteiger partial charge on any atom is -0.367 e. The number of hydrogen-bond donors (Lipinski definition) is 0. The number of pyridine rings is 1. The maximum absolute atomic E-state index is 4.13. The number of nitrogens with zero attached hydrogens (tertiary/aromatic N) is 2. The highest BCUT2D eigenvalue weighted by molar-refractivity contribution is 9.09. The maximum Gasteiger partial charge on any atom is 0.0429 e. The van der Waals surface area contributed by atoms with Crippen molar-refractivity contribution in [3.8, 4) is 0 Å². The van der Waals surface area contributed by atoms with Gasteiger partial charge in [-0.1, -0.05) is 15.9 Å². The molecule has 1 unspecified atom stereocenters. The molecular weight excluding hydrogens is 240 g/mol. The Morgan fingerprint density at radius 3 is 3.21 bits per heavy atom. The SMILES string of the molecule is Cc1cnccc1N1CCCC1CBr. The van der Waals surface area contributed by atoms with Crippen molar-refractivity contribution in [2.45, 2.75) is 25.8 Å². The molecule has 76 valence electrons. The van der Waals surface area contributed by atoms with E-state index in [1.54, 1.807) is 0 Å². The highest BCUT2D eigenvalue weighted by Crippen LogP contribution is 2.28. The number of alkyl halides is 1. The van der Waals surface area contributed by atoms with Crippen LogP contribution in [0.5, 0.6) is 0 Å². The molecular formula is C11H15BrN2. The largest absolute Gasteiger partial charge is 0.367 e. The molecule has 0 N–H and O–H groups in total. The lowest BCUT2D eigenvalue weighted by Crippen LogP contribution is -2.30. The Balaban J connectivity index is 2.26. The number of aromatic nitrogens is 1. The molecule has 1 fully saturated rings. The Morgan fingerprint density at radius 1 is 1.64 bits per heavy atom. The summed E-state index contributed by atoms with van der Waals surface area (Å²) in [5, 5.41) is 1.06. The van der Waals surface area contributed by atoms with E-state index >= 15 is 0 Å². The Hall–Kier alpha value is -0.570. The zero-order chi connectivity index (χ0) is 9.97. The highest BCUT2D eigenvalue weighted by atomic mass is 79.9. The van der Waals surface area contributed by atoms with Crippen molar-refractivity contribution in [1.29, 1.82) is 0 Å². The Labute approximate surface area is 93.5 Å². The molecule has 0 radical (unpaired) electrons. The summed E-state index contributed by atoms with van der Waals surface area (Å²) in [7, 11) is 0. The van der Waals surface area contributed by atoms with E-state index in [9.17, 15) is 0 Å². The predicted molar refractivity (Wildman–Crippen MR) is 63.1 cm³/mol. The van der Waals surface area contributed by atoms with Crippen LogP contribution in [0, 0.1) is 6.92 Å². The van der Waals surface area contributed by atoms with Crippen molar-refractivity contribution in [3.63, 3.8) is 0 Å². The Morgan fingerprint density at radius 2 is 2.50 bits per heavy atom. The first kappa shape index (κ1) is 9.97. The second-order valence-electron chi connectivity index (χ2n) is 3.81. The van der Waals surface area contributed by atoms with E-state index in [1.165, 1.54) is 30.6 Å². The molecule has 2 nitrogen and oxygen atoms in total. The fourth-order valence-electron chi connectivity index (χ4n) is 2.10. The van der Waals surface area contributed by atoms with Gasteiger partial charge in [-0.05, 0) is 31.4 Å². The van der Waals surface area contributed by atoms with Gasteiger partial charge in [0.1, 0.15) is 0 Å². The number of anilines is 1. The summed E-state index contributed by atoms with van der Waals surface area (Å²) in [4.78, 5) is 6.62. The van der Waals surface area contributed by atoms with Gasteiger partial charge in [0.25, 0.3) is 0 Å². The van der Waals surface area contributed by atoms with E-state index in [-0.39, 0.29) is 0 Å². The molecule has 0 saturated carbocycles. The number of aryl methyl sites for hydroxylation is 1. The summed E-state index contributed by atoms with van der Waals surface area (Å²) < 4.78 is 0. The van der Waals surface area contributed by atoms with Gasteiger partial charge in [-0.2, -0.15) is 0 Å². The van der Waals surface area contributed by atoms with Crippen molar-refractivity contribution >= 4 is 21.6 Å². The van der Waals surface area contributed by atoms with Crippen LogP contribution in [0.3, 0.4) is 0 Å². The summed E-state index contributed by atoms with van der Waals surface area (Å²) in [6.45, 7) is 3.31. The summed E-state index contributed by atoms with van der Waals surface area (Å²) in [5.41, 5.74) is 2.63. The molecule has 0 bridgehead atoms. The summed E-state index contributed by atoms with van der Waals surface area (Å²) >= 11 is 3.58. The Bertz CT molecular complexity index is 314. The topological polar surface area (TPSA) is 16.1 Å². The van der Waals surface area contributed by atoms with Gasteiger partial charge >= 0.3 is 0 Å². The van der Waals surface area contributed by atoms with Crippen molar-refractivity contribution in [2.24, 2.45) is 0 Å². The lowest BCUT2D eigenvalue weighted by atomic mass is 10.2. The molecule has 0 aliphatic carbocycles. The van der Waals surface area contributed by atoms with Gasteiger partial charge in [0.2, 0.25) is 0 Å². The second-order valence-corrected chi connectivity index (χ2v) is 4.45. The van der Waals surface area contributed by atoms with Crippen LogP contribution in [0.1, 0.15) is 18.4 Å². The molecule has 1 aromatic rings. The van der Waals surface area contributed by atoms with Crippen LogP contribution in [0.15, 0.2) is 18.5 Å². The highest BCUT2D eigenvalue weighted by Gasteiger charge is 2.24. The first-order valence-electron chi connectivity index (χ1n) is 5.06. The molecule has 1 atom stereocenters. The van der Waals surface area contributed by atoms with Crippen LogP contribution in [-0.2, 0) is 0 Å². The van der Waals surface area contributed by atoms with E-state index in [1.807, 2.05) is 12.4 Å². The molecule has 0 amide bonds. The smallest absolute Gasteiger partial charge is 0.0429 e. The van der Waals surface area contributed by atoms with E-state index in [4.69, 9.17) is 0 Å². The monoisotopic (exact) mass is 254 g/mol. The molecule has 1 saturated heterocycles. The van der Waals surface area contributed by atoms with Crippen LogP contribution in [-0.4, -0.2) is 22.9 Å². The Kier molecular flexibility index (Phi) is 3.06. The minimum absolute atomic E-state index is 0.663. The molecule has 1 aromatic heterocycles. The summed E-state index contributed by atoms with van der Waals surface area (Å²) in [6, 6.07) is 2.78. The van der Waals surface area contributed by atoms with Gasteiger partial charge in [-0.3, -0.25) is 4.98 Å². The molecule has 2 heterocycles. The van der Waals surface area contributed by atoms with Gasteiger partial charge < -0.3 is 4.90 Å². The van der Waals surface area contributed by atoms with Gasteiger partial charge in [-0.25, -0.2) is 0 Å². The molecule has 0 spiro atoms. The zero-order valence-electron chi connectivity index (χ0n) is 8.41. The van der Waals surface area contributed by atoms with Crippen molar-refractivity contribution in [1.82, 2.24) is 4.98 Å². The third kappa shape index (κ3) is 1.78. The summed E-state index contributed by atoms with van der Waals surface area (Å²) in [6.07, 6.45) is 6.43. The first-order valence-corrected chi connectivity index (χ1v) is 6.18. The second kappa shape index (κ2) is 4.30. The van der Waals surface area contributed by atoms with Crippen LogP contribution in [0.25, 0.3) is 0 Å². The quantitative estimate of drug-likeness (QED) is 0.755. The molecule has 0 aromatic carbocycles. The van der Waals surface area contributed by atoms with Crippen LogP contribution >= 0.6 is 15.9 Å². The van der Waals surface area contributed by atoms with Crippen LogP contribution in [0.4, 0.5) is 5.69 Å². The molecule has 2 rings (SSSR count). The molecule has 1 aliphatic heterocycles. The normalized spacial score (nSPS) is 21.6. The third-order valence-corrected chi connectivity index (χ3v) is 3.60. The van der Waals surface area contributed by atoms with Gasteiger partial charge in [0.05, 0.1) is 0 Å². The van der Waals surface area contributed by atoms with Crippen molar-refractivity contribution in [2.75, 3.05) is 16.8 Å². The first-order chi connectivity index (χ1) is 6.83. The average Bonchev–Trinajstić information content (AvgIpc) is 2.66. The van der Waals surface area contributed by atoms with E-state index < -0.39 is 0 Å². The molecule has 14 heavy (non-hydrogen) atoms. The lowest BCUT2D eigenvalue weighted by molar-refractivity contribution is 0.748. The molecule has 3 heteroatoms. The van der Waals surface area contributed by atoms with E-state index in [2.05, 4.69) is 38.8 Å². The number of hydrogen-bond acceptors (Lipinski definition) is 2. The molecule has 1 aliphatic rings. The van der Waals surface area contributed by atoms with Crippen molar-refractivity contribution in [3.05, 3.63) is 24.0 Å². The lowest BCUT2D eigenvalue weighted by Gasteiger charge is -2.26. The fourth-order valence-corrected chi connectivity index (χ4v) is 2.77. The van der Waals surface area contributed by atoms with Gasteiger partial charge in [0.15, 0.2) is 0 Å². The summed E-state index contributed by atoms with van der Waals surface area (Å²) in [5.74, 6) is 0. The van der Waals surface area contributed by atoms with Crippen LogP contribution < -0.4 is 4.90 Å². The van der Waals surface area contributed by atoms with Gasteiger partial charge in [-0.15, -0.1) is 0 Å². The van der Waals surface area contributed by atoms with Crippen LogP contribution in [0.2, 0.25) is 0 Å². The minimum atomic E-state index is 0.663. The standard InChI is InChI=1S/C11H15BrN2/c1-9-8-13-5-4-11(9)14-6-2-3-10(14)7-12/h4-5,8,10H,2-3,6-7H2,1H3. The van der Waals surface area contributed by atoms with E-state index in [0.717, 1.165) is 5.33 Å². The predicted octanol–water partition coefficient (Wildman–Crippen LogP) is 2.75. The maximum atomic E-state index is 4.13. The van der Waals surface area contributed by atoms with Gasteiger partial charge in [0, 0.05) is 36.0 Å². The van der Waals surface area contributed by atoms with Crippen molar-refractivity contribution < 1.29 is 0 Å². The number of halogens is 1. The van der Waals surface area contributed by atoms with E-state index in [0.29, 0.717) is 6.04 Å². The zero-order valence-corrected chi connectivity index (χ0v) is 10.00. The average molecular weight is 255 g/mol.